The van der Waals surface area contributed by atoms with Crippen LogP contribution >= 0.6 is 11.3 Å². The van der Waals surface area contributed by atoms with Crippen molar-refractivity contribution < 1.29 is 14.3 Å². The van der Waals surface area contributed by atoms with Gasteiger partial charge in [-0.2, -0.15) is 11.3 Å². The van der Waals surface area contributed by atoms with Crippen molar-refractivity contribution in [3.8, 4) is 11.3 Å². The number of methoxy groups -OCH3 is 1. The Bertz CT molecular complexity index is 623. The number of amides is 1. The summed E-state index contributed by atoms with van der Waals surface area (Å²) in [6.07, 6.45) is 0. The number of ether oxygens (including phenoxy) is 1. The molecule has 0 aromatic carbocycles. The maximum atomic E-state index is 11.9. The van der Waals surface area contributed by atoms with Crippen molar-refractivity contribution >= 4 is 23.2 Å². The van der Waals surface area contributed by atoms with Crippen LogP contribution in [0, 0.1) is 6.92 Å². The molecule has 0 saturated heterocycles. The Labute approximate surface area is 120 Å². The van der Waals surface area contributed by atoms with Crippen LogP contribution in [0.1, 0.15) is 16.1 Å². The van der Waals surface area contributed by atoms with E-state index in [-0.39, 0.29) is 12.5 Å². The molecule has 0 bridgehead atoms. The summed E-state index contributed by atoms with van der Waals surface area (Å²) in [6, 6.07) is 5.48. The lowest BCUT2D eigenvalue weighted by Gasteiger charge is -2.07. The van der Waals surface area contributed by atoms with Crippen molar-refractivity contribution in [2.75, 3.05) is 13.7 Å². The van der Waals surface area contributed by atoms with Crippen LogP contribution in [0.15, 0.2) is 29.0 Å². The molecule has 2 aromatic rings. The summed E-state index contributed by atoms with van der Waals surface area (Å²) >= 11 is 1.59. The molecule has 20 heavy (non-hydrogen) atoms. The van der Waals surface area contributed by atoms with Crippen LogP contribution in [0.25, 0.3) is 11.3 Å². The molecule has 2 aromatic heterocycles. The topological polar surface area (TPSA) is 68.3 Å². The van der Waals surface area contributed by atoms with Crippen LogP contribution in [0.2, 0.25) is 0 Å². The van der Waals surface area contributed by atoms with E-state index in [9.17, 15) is 9.59 Å². The number of carbonyl (C=O) groups is 2. The highest BCUT2D eigenvalue weighted by molar-refractivity contribution is 7.08. The van der Waals surface area contributed by atoms with Crippen molar-refractivity contribution in [2.24, 2.45) is 0 Å². The van der Waals surface area contributed by atoms with Crippen LogP contribution in [-0.4, -0.2) is 30.5 Å². The average Bonchev–Trinajstić information content (AvgIpc) is 2.98. The van der Waals surface area contributed by atoms with E-state index in [1.54, 1.807) is 30.4 Å². The molecule has 0 aliphatic carbocycles. The number of pyridine rings is 1. The second kappa shape index (κ2) is 6.29. The predicted octanol–water partition coefficient (Wildman–Crippen LogP) is 2.02. The Balaban J connectivity index is 2.13. The van der Waals surface area contributed by atoms with Crippen LogP contribution in [0.5, 0.6) is 0 Å². The molecule has 0 radical (unpaired) electrons. The molecule has 1 amide bonds. The molecule has 0 saturated carbocycles. The van der Waals surface area contributed by atoms with Crippen LogP contribution in [0.4, 0.5) is 0 Å². The van der Waals surface area contributed by atoms with Gasteiger partial charge in [-0.25, -0.2) is 0 Å². The predicted molar refractivity (Wildman–Crippen MR) is 76.6 cm³/mol. The molecule has 0 fully saturated rings. The third-order valence-corrected chi connectivity index (χ3v) is 3.45. The monoisotopic (exact) mass is 290 g/mol. The largest absolute Gasteiger partial charge is 0.468 e. The summed E-state index contributed by atoms with van der Waals surface area (Å²) in [5, 5.41) is 6.47. The van der Waals surface area contributed by atoms with Gasteiger partial charge in [0, 0.05) is 10.9 Å². The molecule has 104 valence electrons. The van der Waals surface area contributed by atoms with Gasteiger partial charge in [0.15, 0.2) is 0 Å². The van der Waals surface area contributed by atoms with E-state index >= 15 is 0 Å². The molecule has 0 aliphatic rings. The molecule has 0 aliphatic heterocycles. The van der Waals surface area contributed by atoms with Crippen LogP contribution in [-0.2, 0) is 9.53 Å². The fourth-order valence-corrected chi connectivity index (χ4v) is 2.34. The number of aryl methyl sites for hydroxylation is 1. The van der Waals surface area contributed by atoms with Crippen LogP contribution in [0.3, 0.4) is 0 Å². The Morgan fingerprint density at radius 1 is 1.35 bits per heavy atom. The van der Waals surface area contributed by atoms with Gasteiger partial charge >= 0.3 is 5.97 Å². The molecule has 0 unspecified atom stereocenters. The first-order chi connectivity index (χ1) is 9.61. The summed E-state index contributed by atoms with van der Waals surface area (Å²) in [5.41, 5.74) is 2.93. The van der Waals surface area contributed by atoms with E-state index in [4.69, 9.17) is 0 Å². The zero-order chi connectivity index (χ0) is 14.5. The number of hydrogen-bond donors (Lipinski definition) is 1. The lowest BCUT2D eigenvalue weighted by molar-refractivity contribution is -0.139. The standard InChI is InChI=1S/C14H14N2O3S/c1-9-11(14(18)15-7-13(17)19-2)3-4-12(16-9)10-5-6-20-8-10/h3-6,8H,7H2,1-2H3,(H,15,18). The Morgan fingerprint density at radius 2 is 2.15 bits per heavy atom. The number of esters is 1. The van der Waals surface area contributed by atoms with Gasteiger partial charge in [0.2, 0.25) is 0 Å². The molecule has 2 rings (SSSR count). The lowest BCUT2D eigenvalue weighted by atomic mass is 10.1. The highest BCUT2D eigenvalue weighted by Crippen LogP contribution is 2.21. The maximum absolute atomic E-state index is 11.9. The lowest BCUT2D eigenvalue weighted by Crippen LogP contribution is -2.30. The highest BCUT2D eigenvalue weighted by Gasteiger charge is 2.12. The molecule has 5 nitrogen and oxygen atoms in total. The Kier molecular flexibility index (Phi) is 4.47. The van der Waals surface area contributed by atoms with Gasteiger partial charge in [-0.3, -0.25) is 14.6 Å². The number of carbonyl (C=O) groups excluding carboxylic acids is 2. The molecule has 6 heteroatoms. The van der Waals surface area contributed by atoms with E-state index in [1.165, 1.54) is 7.11 Å². The van der Waals surface area contributed by atoms with E-state index < -0.39 is 5.97 Å². The molecule has 0 atom stereocenters. The molecule has 2 heterocycles. The highest BCUT2D eigenvalue weighted by atomic mass is 32.1. The van der Waals surface area contributed by atoms with E-state index in [0.717, 1.165) is 11.3 Å². The van der Waals surface area contributed by atoms with Gasteiger partial charge < -0.3 is 10.1 Å². The van der Waals surface area contributed by atoms with Gasteiger partial charge in [0.05, 0.1) is 24.1 Å². The average molecular weight is 290 g/mol. The van der Waals surface area contributed by atoms with Crippen molar-refractivity contribution in [3.05, 3.63) is 40.2 Å². The minimum atomic E-state index is -0.487. The third-order valence-electron chi connectivity index (χ3n) is 2.77. The second-order valence-corrected chi connectivity index (χ2v) is 4.88. The van der Waals surface area contributed by atoms with Gasteiger partial charge in [-0.15, -0.1) is 0 Å². The first-order valence-corrected chi connectivity index (χ1v) is 6.91. The molecule has 1 N–H and O–H groups in total. The van der Waals surface area contributed by atoms with Gasteiger partial charge in [-0.1, -0.05) is 0 Å². The minimum absolute atomic E-state index is 0.152. The fraction of sp³-hybridized carbons (Fsp3) is 0.214. The summed E-state index contributed by atoms with van der Waals surface area (Å²) in [6.45, 7) is 1.62. The fourth-order valence-electron chi connectivity index (χ4n) is 1.69. The van der Waals surface area contributed by atoms with E-state index in [0.29, 0.717) is 11.3 Å². The van der Waals surface area contributed by atoms with Crippen molar-refractivity contribution in [3.63, 3.8) is 0 Å². The number of rotatable bonds is 4. The zero-order valence-electron chi connectivity index (χ0n) is 11.2. The second-order valence-electron chi connectivity index (χ2n) is 4.10. The first-order valence-electron chi connectivity index (χ1n) is 5.97. The summed E-state index contributed by atoms with van der Waals surface area (Å²) in [5.74, 6) is -0.823. The molecular formula is C14H14N2O3S. The smallest absolute Gasteiger partial charge is 0.325 e. The zero-order valence-corrected chi connectivity index (χ0v) is 12.0. The van der Waals surface area contributed by atoms with E-state index in [1.807, 2.05) is 16.8 Å². The normalized spacial score (nSPS) is 10.1. The van der Waals surface area contributed by atoms with E-state index in [2.05, 4.69) is 15.0 Å². The van der Waals surface area contributed by atoms with Crippen molar-refractivity contribution in [1.29, 1.82) is 0 Å². The maximum Gasteiger partial charge on any atom is 0.325 e. The Morgan fingerprint density at radius 3 is 2.75 bits per heavy atom. The number of thiophene rings is 1. The summed E-state index contributed by atoms with van der Waals surface area (Å²) in [7, 11) is 1.27. The number of hydrogen-bond acceptors (Lipinski definition) is 5. The minimum Gasteiger partial charge on any atom is -0.468 e. The summed E-state index contributed by atoms with van der Waals surface area (Å²) in [4.78, 5) is 27.3. The van der Waals surface area contributed by atoms with Gasteiger partial charge in [-0.05, 0) is 30.5 Å². The Hall–Kier alpha value is -2.21. The first kappa shape index (κ1) is 14.2. The number of nitrogens with zero attached hydrogens (tertiary/aromatic N) is 1. The molecular weight excluding hydrogens is 276 g/mol. The number of nitrogens with one attached hydrogen (secondary N) is 1. The number of aromatic nitrogens is 1. The van der Waals surface area contributed by atoms with Crippen molar-refractivity contribution in [2.45, 2.75) is 6.92 Å². The third kappa shape index (κ3) is 3.21. The van der Waals surface area contributed by atoms with Gasteiger partial charge in [0.1, 0.15) is 6.54 Å². The van der Waals surface area contributed by atoms with Crippen LogP contribution < -0.4 is 5.32 Å². The molecule has 0 spiro atoms. The quantitative estimate of drug-likeness (QED) is 0.875. The van der Waals surface area contributed by atoms with Crippen molar-refractivity contribution in [1.82, 2.24) is 10.3 Å². The summed E-state index contributed by atoms with van der Waals surface area (Å²) < 4.78 is 4.47. The SMILES string of the molecule is COC(=O)CNC(=O)c1ccc(-c2ccsc2)nc1C. The van der Waals surface area contributed by atoms with Gasteiger partial charge in [0.25, 0.3) is 5.91 Å².